The fourth-order valence-electron chi connectivity index (χ4n) is 3.06. The van der Waals surface area contributed by atoms with Crippen molar-refractivity contribution in [3.8, 4) is 17.2 Å². The van der Waals surface area contributed by atoms with Crippen molar-refractivity contribution in [2.45, 2.75) is 13.0 Å². The van der Waals surface area contributed by atoms with Gasteiger partial charge in [0.15, 0.2) is 11.5 Å². The van der Waals surface area contributed by atoms with E-state index < -0.39 is 24.4 Å². The monoisotopic (exact) mass is 441 g/mol. The van der Waals surface area contributed by atoms with Gasteiger partial charge < -0.3 is 24.3 Å². The number of carbonyl (C=O) groups is 2. The molecule has 3 rings (SSSR count). The molecule has 160 valence electrons. The number of carbonyl (C=O) groups excluding carboxylic acids is 2. The number of hydrogen-bond acceptors (Lipinski definition) is 6. The maximum absolute atomic E-state index is 12.8. The molecule has 7 nitrogen and oxygen atoms in total. The minimum Gasteiger partial charge on any atom is -0.493 e. The summed E-state index contributed by atoms with van der Waals surface area (Å²) in [5.41, 5.74) is 0.628. The maximum Gasteiger partial charge on any atom is 0.387 e. The van der Waals surface area contributed by atoms with E-state index in [1.165, 1.54) is 7.11 Å². The highest BCUT2D eigenvalue weighted by molar-refractivity contribution is 6.30. The van der Waals surface area contributed by atoms with Crippen LogP contribution in [-0.2, 0) is 16.0 Å². The Kier molecular flexibility index (Phi) is 6.61. The first kappa shape index (κ1) is 21.6. The number of esters is 1. The van der Waals surface area contributed by atoms with E-state index in [0.29, 0.717) is 17.2 Å². The van der Waals surface area contributed by atoms with Crippen molar-refractivity contribution < 1.29 is 37.3 Å². The zero-order valence-corrected chi connectivity index (χ0v) is 16.8. The quantitative estimate of drug-likeness (QED) is 0.684. The summed E-state index contributed by atoms with van der Waals surface area (Å²) in [5, 5.41) is 3.08. The molecule has 1 aliphatic rings. The summed E-state index contributed by atoms with van der Waals surface area (Å²) >= 11 is 6.00. The first-order valence-corrected chi connectivity index (χ1v) is 9.17. The number of rotatable bonds is 6. The fraction of sp³-hybridized carbons (Fsp3) is 0.300. The summed E-state index contributed by atoms with van der Waals surface area (Å²) in [6.07, 6.45) is 0.353. The van der Waals surface area contributed by atoms with Crippen molar-refractivity contribution in [3.63, 3.8) is 0 Å². The van der Waals surface area contributed by atoms with Gasteiger partial charge in [0.05, 0.1) is 31.4 Å². The molecule has 0 bridgehead atoms. The molecule has 30 heavy (non-hydrogen) atoms. The normalized spacial score (nSPS) is 15.1. The van der Waals surface area contributed by atoms with Crippen LogP contribution in [0.15, 0.2) is 30.3 Å². The average molecular weight is 442 g/mol. The van der Waals surface area contributed by atoms with Crippen LogP contribution < -0.4 is 19.5 Å². The van der Waals surface area contributed by atoms with E-state index >= 15 is 0 Å². The van der Waals surface area contributed by atoms with Crippen molar-refractivity contribution in [1.82, 2.24) is 0 Å². The van der Waals surface area contributed by atoms with E-state index in [-0.39, 0.29) is 29.4 Å². The Morgan fingerprint density at radius 2 is 1.97 bits per heavy atom. The molecule has 0 fully saturated rings. The van der Waals surface area contributed by atoms with Gasteiger partial charge in [-0.1, -0.05) is 11.6 Å². The van der Waals surface area contributed by atoms with Crippen molar-refractivity contribution in [1.29, 1.82) is 0 Å². The number of alkyl halides is 2. The third kappa shape index (κ3) is 4.73. The summed E-state index contributed by atoms with van der Waals surface area (Å²) in [4.78, 5) is 25.0. The SMILES string of the molecule is COC(=O)c1cc(OC)c(OC(F)F)cc1NC(=O)C1COc2ccc(Cl)cc2C1. The van der Waals surface area contributed by atoms with Crippen molar-refractivity contribution in [2.75, 3.05) is 26.1 Å². The number of ether oxygens (including phenoxy) is 4. The molecule has 1 N–H and O–H groups in total. The molecule has 0 aliphatic carbocycles. The Labute approximate surface area is 175 Å². The molecule has 1 amide bonds. The number of nitrogens with one attached hydrogen (secondary N) is 1. The second-order valence-electron chi connectivity index (χ2n) is 6.37. The molecule has 0 saturated heterocycles. The van der Waals surface area contributed by atoms with Crippen LogP contribution >= 0.6 is 11.6 Å². The molecule has 10 heteroatoms. The molecule has 1 heterocycles. The van der Waals surface area contributed by atoms with Crippen LogP contribution in [0.4, 0.5) is 14.5 Å². The zero-order valence-electron chi connectivity index (χ0n) is 16.0. The molecule has 1 aliphatic heterocycles. The van der Waals surface area contributed by atoms with E-state index in [9.17, 15) is 18.4 Å². The average Bonchev–Trinajstić information content (AvgIpc) is 2.72. The summed E-state index contributed by atoms with van der Waals surface area (Å²) in [6.45, 7) is -3.02. The topological polar surface area (TPSA) is 83.1 Å². The molecular formula is C20H18ClF2NO6. The number of hydrogen-bond donors (Lipinski definition) is 1. The third-order valence-corrected chi connectivity index (χ3v) is 4.72. The molecule has 0 radical (unpaired) electrons. The smallest absolute Gasteiger partial charge is 0.387 e. The second kappa shape index (κ2) is 9.17. The van der Waals surface area contributed by atoms with Crippen LogP contribution in [0.25, 0.3) is 0 Å². The summed E-state index contributed by atoms with van der Waals surface area (Å²) in [7, 11) is 2.38. The number of halogens is 3. The minimum atomic E-state index is -3.13. The molecule has 0 aromatic heterocycles. The summed E-state index contributed by atoms with van der Waals surface area (Å²) in [6, 6.07) is 7.36. The lowest BCUT2D eigenvalue weighted by atomic mass is 9.95. The van der Waals surface area contributed by atoms with Gasteiger partial charge in [-0.15, -0.1) is 0 Å². The Bertz CT molecular complexity index is 969. The van der Waals surface area contributed by atoms with Gasteiger partial charge in [0, 0.05) is 17.2 Å². The van der Waals surface area contributed by atoms with E-state index in [0.717, 1.165) is 24.8 Å². The highest BCUT2D eigenvalue weighted by Gasteiger charge is 2.28. The minimum absolute atomic E-state index is 0.0554. The predicted molar refractivity (Wildman–Crippen MR) is 104 cm³/mol. The maximum atomic E-state index is 12.8. The molecular weight excluding hydrogens is 424 g/mol. The largest absolute Gasteiger partial charge is 0.493 e. The number of anilines is 1. The van der Waals surface area contributed by atoms with E-state index in [1.54, 1.807) is 18.2 Å². The lowest BCUT2D eigenvalue weighted by Gasteiger charge is -2.25. The van der Waals surface area contributed by atoms with Crippen LogP contribution in [0.3, 0.4) is 0 Å². The van der Waals surface area contributed by atoms with Crippen LogP contribution in [0, 0.1) is 5.92 Å². The number of benzene rings is 2. The van der Waals surface area contributed by atoms with E-state index in [2.05, 4.69) is 10.1 Å². The lowest BCUT2D eigenvalue weighted by Crippen LogP contribution is -2.33. The molecule has 1 unspecified atom stereocenters. The standard InChI is InChI=1S/C20H18ClF2NO6/c1-27-16-7-13(19(26)28-2)14(8-17(16)30-20(22)23)24-18(25)11-5-10-6-12(21)3-4-15(10)29-9-11/h3-4,6-8,11,20H,5,9H2,1-2H3,(H,24,25). The summed E-state index contributed by atoms with van der Waals surface area (Å²) < 4.78 is 45.2. The molecule has 0 spiro atoms. The van der Waals surface area contributed by atoms with Crippen LogP contribution in [0.5, 0.6) is 17.2 Å². The van der Waals surface area contributed by atoms with Gasteiger partial charge in [0.2, 0.25) is 5.91 Å². The molecule has 1 atom stereocenters. The van der Waals surface area contributed by atoms with E-state index in [4.69, 9.17) is 25.8 Å². The van der Waals surface area contributed by atoms with Crippen LogP contribution in [0.2, 0.25) is 5.02 Å². The Morgan fingerprint density at radius 3 is 2.63 bits per heavy atom. The molecule has 0 saturated carbocycles. The van der Waals surface area contributed by atoms with Crippen molar-refractivity contribution in [3.05, 3.63) is 46.5 Å². The van der Waals surface area contributed by atoms with Gasteiger partial charge in [-0.05, 0) is 30.2 Å². The van der Waals surface area contributed by atoms with Crippen molar-refractivity contribution in [2.24, 2.45) is 5.92 Å². The summed E-state index contributed by atoms with van der Waals surface area (Å²) in [5.74, 6) is -1.67. The van der Waals surface area contributed by atoms with Gasteiger partial charge in [0.25, 0.3) is 0 Å². The molecule has 2 aromatic rings. The number of amides is 1. The van der Waals surface area contributed by atoms with Gasteiger partial charge in [-0.25, -0.2) is 4.79 Å². The fourth-order valence-corrected chi connectivity index (χ4v) is 3.25. The lowest BCUT2D eigenvalue weighted by molar-refractivity contribution is -0.121. The van der Waals surface area contributed by atoms with Gasteiger partial charge in [0.1, 0.15) is 12.4 Å². The number of methoxy groups -OCH3 is 2. The Morgan fingerprint density at radius 1 is 1.20 bits per heavy atom. The first-order valence-electron chi connectivity index (χ1n) is 8.79. The third-order valence-electron chi connectivity index (χ3n) is 4.48. The Balaban J connectivity index is 1.88. The Hall–Kier alpha value is -3.07. The van der Waals surface area contributed by atoms with E-state index in [1.807, 2.05) is 0 Å². The second-order valence-corrected chi connectivity index (χ2v) is 6.81. The highest BCUT2D eigenvalue weighted by atomic mass is 35.5. The predicted octanol–water partition coefficient (Wildman–Crippen LogP) is 3.93. The van der Waals surface area contributed by atoms with Crippen LogP contribution in [-0.4, -0.2) is 39.3 Å². The highest BCUT2D eigenvalue weighted by Crippen LogP contribution is 2.36. The zero-order chi connectivity index (χ0) is 21.8. The molecule has 2 aromatic carbocycles. The van der Waals surface area contributed by atoms with Crippen molar-refractivity contribution >= 4 is 29.2 Å². The number of fused-ring (bicyclic) bond motifs is 1. The van der Waals surface area contributed by atoms with Gasteiger partial charge in [-0.3, -0.25) is 4.79 Å². The van der Waals surface area contributed by atoms with Gasteiger partial charge in [-0.2, -0.15) is 8.78 Å². The van der Waals surface area contributed by atoms with Gasteiger partial charge >= 0.3 is 12.6 Å². The first-order chi connectivity index (χ1) is 14.3. The van der Waals surface area contributed by atoms with Crippen LogP contribution in [0.1, 0.15) is 15.9 Å².